The van der Waals surface area contributed by atoms with Gasteiger partial charge in [0.15, 0.2) is 6.61 Å². The summed E-state index contributed by atoms with van der Waals surface area (Å²) in [5.41, 5.74) is 2.83. The van der Waals surface area contributed by atoms with Gasteiger partial charge in [-0.15, -0.1) is 0 Å². The monoisotopic (exact) mass is 552 g/mol. The minimum atomic E-state index is -0.719. The Morgan fingerprint density at radius 1 is 0.944 bits per heavy atom. The van der Waals surface area contributed by atoms with E-state index in [0.29, 0.717) is 17.9 Å². The molecule has 1 N–H and O–H groups in total. The van der Waals surface area contributed by atoms with E-state index in [1.165, 1.54) is 0 Å². The van der Waals surface area contributed by atoms with Gasteiger partial charge in [-0.2, -0.15) is 0 Å². The van der Waals surface area contributed by atoms with E-state index in [-0.39, 0.29) is 31.0 Å². The predicted octanol–water partition coefficient (Wildman–Crippen LogP) is 5.31. The van der Waals surface area contributed by atoms with Crippen LogP contribution in [0.5, 0.6) is 11.5 Å². The number of amides is 2. The molecule has 3 rings (SSSR count). The third kappa shape index (κ3) is 7.85. The second-order valence-electron chi connectivity index (χ2n) is 8.94. The van der Waals surface area contributed by atoms with Crippen molar-refractivity contribution in [3.8, 4) is 11.5 Å². The van der Waals surface area contributed by atoms with Gasteiger partial charge in [0.05, 0.1) is 7.11 Å². The number of aryl methyl sites for hydroxylation is 1. The number of methoxy groups -OCH3 is 1. The SMILES string of the molecule is COc1cccc(CN(C(=O)COc2ccc(Br)c(C)c2)[C@@H](Cc2ccccc2)C(=O)NC(C)C)c1. The maximum atomic E-state index is 13.6. The highest BCUT2D eigenvalue weighted by atomic mass is 79.9. The molecule has 0 radical (unpaired) electrons. The summed E-state index contributed by atoms with van der Waals surface area (Å²) in [5, 5.41) is 2.99. The molecule has 0 spiro atoms. The van der Waals surface area contributed by atoms with E-state index in [0.717, 1.165) is 21.2 Å². The number of rotatable bonds is 11. The van der Waals surface area contributed by atoms with Gasteiger partial charge in [0, 0.05) is 23.5 Å². The number of halogens is 1. The largest absolute Gasteiger partial charge is 0.497 e. The molecule has 2 amide bonds. The van der Waals surface area contributed by atoms with E-state index in [2.05, 4.69) is 21.2 Å². The molecule has 0 heterocycles. The lowest BCUT2D eigenvalue weighted by Crippen LogP contribution is -2.52. The molecular formula is C29H33BrN2O4. The topological polar surface area (TPSA) is 67.9 Å². The Labute approximate surface area is 221 Å². The Hall–Kier alpha value is -3.32. The number of hydrogen-bond acceptors (Lipinski definition) is 4. The molecule has 190 valence electrons. The maximum absolute atomic E-state index is 13.6. The molecule has 0 fully saturated rings. The molecule has 0 saturated heterocycles. The fraction of sp³-hybridized carbons (Fsp3) is 0.310. The Morgan fingerprint density at radius 2 is 1.67 bits per heavy atom. The number of benzene rings is 3. The summed E-state index contributed by atoms with van der Waals surface area (Å²) in [5.74, 6) is 0.798. The average Bonchev–Trinajstić information content (AvgIpc) is 2.87. The van der Waals surface area contributed by atoms with Crippen molar-refractivity contribution in [2.75, 3.05) is 13.7 Å². The van der Waals surface area contributed by atoms with Gasteiger partial charge in [-0.25, -0.2) is 0 Å². The molecule has 7 heteroatoms. The van der Waals surface area contributed by atoms with Gasteiger partial charge in [0.1, 0.15) is 17.5 Å². The van der Waals surface area contributed by atoms with Gasteiger partial charge in [0.25, 0.3) is 5.91 Å². The summed E-state index contributed by atoms with van der Waals surface area (Å²) in [7, 11) is 1.60. The van der Waals surface area contributed by atoms with Crippen LogP contribution in [0.2, 0.25) is 0 Å². The second-order valence-corrected chi connectivity index (χ2v) is 9.80. The van der Waals surface area contributed by atoms with Crippen molar-refractivity contribution >= 4 is 27.7 Å². The minimum Gasteiger partial charge on any atom is -0.497 e. The van der Waals surface area contributed by atoms with Crippen LogP contribution in [0.1, 0.15) is 30.5 Å². The Morgan fingerprint density at radius 3 is 2.33 bits per heavy atom. The molecule has 3 aromatic carbocycles. The molecule has 1 atom stereocenters. The fourth-order valence-corrected chi connectivity index (χ4v) is 4.08. The molecule has 0 aliphatic carbocycles. The molecule has 0 bridgehead atoms. The average molecular weight is 553 g/mol. The van der Waals surface area contributed by atoms with Crippen LogP contribution >= 0.6 is 15.9 Å². The van der Waals surface area contributed by atoms with Gasteiger partial charge in [-0.05, 0) is 67.8 Å². The molecule has 0 unspecified atom stereocenters. The van der Waals surface area contributed by atoms with E-state index in [4.69, 9.17) is 9.47 Å². The van der Waals surface area contributed by atoms with Crippen molar-refractivity contribution in [1.82, 2.24) is 10.2 Å². The number of hydrogen-bond donors (Lipinski definition) is 1. The third-order valence-corrected chi connectivity index (χ3v) is 6.57. The van der Waals surface area contributed by atoms with E-state index in [1.54, 1.807) is 12.0 Å². The van der Waals surface area contributed by atoms with Crippen molar-refractivity contribution < 1.29 is 19.1 Å². The van der Waals surface area contributed by atoms with Crippen LogP contribution in [0.25, 0.3) is 0 Å². The van der Waals surface area contributed by atoms with E-state index in [9.17, 15) is 9.59 Å². The number of nitrogens with one attached hydrogen (secondary N) is 1. The molecule has 0 aliphatic rings. The van der Waals surface area contributed by atoms with Crippen molar-refractivity contribution in [3.05, 3.63) is 94.0 Å². The number of ether oxygens (including phenoxy) is 2. The molecular weight excluding hydrogens is 520 g/mol. The zero-order valence-corrected chi connectivity index (χ0v) is 22.7. The Bertz CT molecular complexity index is 1170. The van der Waals surface area contributed by atoms with Crippen molar-refractivity contribution in [2.24, 2.45) is 0 Å². The van der Waals surface area contributed by atoms with Crippen LogP contribution in [-0.4, -0.2) is 42.5 Å². The first-order valence-corrected chi connectivity index (χ1v) is 12.7. The van der Waals surface area contributed by atoms with Crippen LogP contribution < -0.4 is 14.8 Å². The summed E-state index contributed by atoms with van der Waals surface area (Å²) in [6.07, 6.45) is 0.381. The van der Waals surface area contributed by atoms with Crippen LogP contribution in [-0.2, 0) is 22.6 Å². The second kappa shape index (κ2) is 13.1. The normalized spacial score (nSPS) is 11.6. The lowest BCUT2D eigenvalue weighted by molar-refractivity contribution is -0.143. The molecule has 0 saturated carbocycles. The van der Waals surface area contributed by atoms with Crippen LogP contribution in [0.15, 0.2) is 77.3 Å². The molecule has 6 nitrogen and oxygen atoms in total. The van der Waals surface area contributed by atoms with E-state index >= 15 is 0 Å². The number of nitrogens with zero attached hydrogens (tertiary/aromatic N) is 1. The van der Waals surface area contributed by atoms with Crippen molar-refractivity contribution in [1.29, 1.82) is 0 Å². The first-order chi connectivity index (χ1) is 17.3. The first-order valence-electron chi connectivity index (χ1n) is 11.9. The van der Waals surface area contributed by atoms with Gasteiger partial charge < -0.3 is 19.7 Å². The standard InChI is InChI=1S/C29H33BrN2O4/c1-20(2)31-29(34)27(17-22-9-6-5-7-10-22)32(18-23-11-8-12-24(16-23)35-4)28(33)19-36-25-13-14-26(30)21(3)15-25/h5-16,20,27H,17-19H2,1-4H3,(H,31,34)/t27-/m0/s1. The van der Waals surface area contributed by atoms with Gasteiger partial charge in [0.2, 0.25) is 5.91 Å². The first kappa shape index (κ1) is 27.3. The van der Waals surface area contributed by atoms with Crippen LogP contribution in [0.4, 0.5) is 0 Å². The molecule has 36 heavy (non-hydrogen) atoms. The van der Waals surface area contributed by atoms with Crippen molar-refractivity contribution in [2.45, 2.75) is 45.8 Å². The van der Waals surface area contributed by atoms with Gasteiger partial charge >= 0.3 is 0 Å². The molecule has 0 aliphatic heterocycles. The Kier molecular flexibility index (Phi) is 9.94. The van der Waals surface area contributed by atoms with Crippen LogP contribution in [0.3, 0.4) is 0 Å². The Balaban J connectivity index is 1.92. The highest BCUT2D eigenvalue weighted by molar-refractivity contribution is 9.10. The smallest absolute Gasteiger partial charge is 0.261 e. The number of carbonyl (C=O) groups excluding carboxylic acids is 2. The highest BCUT2D eigenvalue weighted by Crippen LogP contribution is 2.22. The maximum Gasteiger partial charge on any atom is 0.261 e. The zero-order valence-electron chi connectivity index (χ0n) is 21.2. The minimum absolute atomic E-state index is 0.0634. The zero-order chi connectivity index (χ0) is 26.1. The summed E-state index contributed by atoms with van der Waals surface area (Å²) >= 11 is 3.48. The lowest BCUT2D eigenvalue weighted by atomic mass is 10.0. The third-order valence-electron chi connectivity index (χ3n) is 5.68. The molecule has 3 aromatic rings. The highest BCUT2D eigenvalue weighted by Gasteiger charge is 2.31. The van der Waals surface area contributed by atoms with E-state index < -0.39 is 6.04 Å². The lowest BCUT2D eigenvalue weighted by Gasteiger charge is -2.32. The number of carbonyl (C=O) groups is 2. The predicted molar refractivity (Wildman–Crippen MR) is 145 cm³/mol. The van der Waals surface area contributed by atoms with E-state index in [1.807, 2.05) is 93.6 Å². The van der Waals surface area contributed by atoms with Gasteiger partial charge in [-0.1, -0.05) is 58.4 Å². The molecule has 0 aromatic heterocycles. The fourth-order valence-electron chi connectivity index (χ4n) is 3.84. The van der Waals surface area contributed by atoms with Gasteiger partial charge in [-0.3, -0.25) is 9.59 Å². The summed E-state index contributed by atoms with van der Waals surface area (Å²) in [6, 6.07) is 22.0. The summed E-state index contributed by atoms with van der Waals surface area (Å²) in [4.78, 5) is 28.6. The van der Waals surface area contributed by atoms with Crippen LogP contribution in [0, 0.1) is 6.92 Å². The quantitative estimate of drug-likeness (QED) is 0.350. The summed E-state index contributed by atoms with van der Waals surface area (Å²) in [6.45, 7) is 5.82. The summed E-state index contributed by atoms with van der Waals surface area (Å²) < 4.78 is 12.2. The van der Waals surface area contributed by atoms with Crippen molar-refractivity contribution in [3.63, 3.8) is 0 Å².